The first-order valence-corrected chi connectivity index (χ1v) is 10.3. The van der Waals surface area contributed by atoms with Gasteiger partial charge < -0.3 is 20.3 Å². The van der Waals surface area contributed by atoms with Crippen molar-refractivity contribution in [1.29, 1.82) is 0 Å². The third kappa shape index (κ3) is 4.38. The first-order chi connectivity index (χ1) is 13.0. The summed E-state index contributed by atoms with van der Waals surface area (Å²) in [5.41, 5.74) is 2.21. The third-order valence-electron chi connectivity index (χ3n) is 6.03. The molecule has 27 heavy (non-hydrogen) atoms. The Balaban J connectivity index is 1.32. The van der Waals surface area contributed by atoms with Gasteiger partial charge in [-0.25, -0.2) is 4.79 Å². The van der Waals surface area contributed by atoms with Crippen molar-refractivity contribution >= 4 is 17.4 Å². The number of benzene rings is 1. The Kier molecular flexibility index (Phi) is 5.28. The highest BCUT2D eigenvalue weighted by Crippen LogP contribution is 2.28. The quantitative estimate of drug-likeness (QED) is 0.853. The summed E-state index contributed by atoms with van der Waals surface area (Å²) in [6.07, 6.45) is 4.52. The van der Waals surface area contributed by atoms with Crippen LogP contribution in [-0.2, 0) is 4.74 Å². The van der Waals surface area contributed by atoms with E-state index in [1.807, 2.05) is 11.0 Å². The van der Waals surface area contributed by atoms with Crippen molar-refractivity contribution in [2.45, 2.75) is 57.2 Å². The molecule has 2 N–H and O–H groups in total. The van der Waals surface area contributed by atoms with E-state index in [1.54, 1.807) is 0 Å². The van der Waals surface area contributed by atoms with Crippen LogP contribution in [0.4, 0.5) is 16.2 Å². The molecule has 1 aromatic carbocycles. The molecule has 0 radical (unpaired) electrons. The molecule has 0 aliphatic carbocycles. The minimum atomic E-state index is -0.00107. The molecule has 0 bridgehead atoms. The first kappa shape index (κ1) is 18.6. The van der Waals surface area contributed by atoms with E-state index in [4.69, 9.17) is 4.74 Å². The number of carbonyl (C=O) groups excluding carboxylic acids is 1. The van der Waals surface area contributed by atoms with Gasteiger partial charge in [-0.15, -0.1) is 0 Å². The van der Waals surface area contributed by atoms with E-state index in [-0.39, 0.29) is 11.6 Å². The molecule has 0 saturated carbocycles. The highest BCUT2D eigenvalue weighted by atomic mass is 16.5. The normalized spacial score (nSPS) is 26.3. The molecule has 4 rings (SSSR count). The molecule has 2 amide bonds. The Labute approximate surface area is 162 Å². The zero-order valence-electron chi connectivity index (χ0n) is 16.5. The maximum Gasteiger partial charge on any atom is 0.321 e. The van der Waals surface area contributed by atoms with E-state index in [1.165, 1.54) is 5.69 Å². The Morgan fingerprint density at radius 2 is 1.89 bits per heavy atom. The molecule has 6 heteroatoms. The van der Waals surface area contributed by atoms with Gasteiger partial charge in [-0.1, -0.05) is 6.07 Å². The van der Waals surface area contributed by atoms with Gasteiger partial charge in [-0.3, -0.25) is 4.90 Å². The van der Waals surface area contributed by atoms with E-state index in [0.29, 0.717) is 12.1 Å². The number of ether oxygens (including phenoxy) is 1. The highest BCUT2D eigenvalue weighted by Gasteiger charge is 2.31. The van der Waals surface area contributed by atoms with E-state index in [9.17, 15) is 4.79 Å². The summed E-state index contributed by atoms with van der Waals surface area (Å²) in [6, 6.07) is 9.57. The van der Waals surface area contributed by atoms with Gasteiger partial charge >= 0.3 is 6.03 Å². The molecule has 0 aromatic heterocycles. The maximum atomic E-state index is 11.9. The molecule has 0 unspecified atom stereocenters. The van der Waals surface area contributed by atoms with Crippen molar-refractivity contribution < 1.29 is 9.53 Å². The topological polar surface area (TPSA) is 56.8 Å². The van der Waals surface area contributed by atoms with Crippen molar-refractivity contribution in [2.75, 3.05) is 42.6 Å². The van der Waals surface area contributed by atoms with Gasteiger partial charge in [0.2, 0.25) is 0 Å². The largest absolute Gasteiger partial charge is 0.375 e. The van der Waals surface area contributed by atoms with E-state index in [2.05, 4.69) is 47.6 Å². The minimum Gasteiger partial charge on any atom is -0.375 e. The summed E-state index contributed by atoms with van der Waals surface area (Å²) in [4.78, 5) is 16.2. The fourth-order valence-electron chi connectivity index (χ4n) is 4.59. The number of hydrogen-bond donors (Lipinski definition) is 2. The Bertz CT molecular complexity index is 670. The predicted molar refractivity (Wildman–Crippen MR) is 109 cm³/mol. The fourth-order valence-corrected chi connectivity index (χ4v) is 4.59. The van der Waals surface area contributed by atoms with Gasteiger partial charge in [0, 0.05) is 56.2 Å². The summed E-state index contributed by atoms with van der Waals surface area (Å²) < 4.78 is 5.84. The smallest absolute Gasteiger partial charge is 0.321 e. The molecule has 1 atom stereocenters. The van der Waals surface area contributed by atoms with Crippen LogP contribution in [0.2, 0.25) is 0 Å². The molecule has 3 heterocycles. The van der Waals surface area contributed by atoms with Crippen LogP contribution in [0.25, 0.3) is 0 Å². The van der Waals surface area contributed by atoms with Crippen molar-refractivity contribution in [3.63, 3.8) is 0 Å². The Hall–Kier alpha value is -1.79. The second-order valence-electron chi connectivity index (χ2n) is 8.63. The van der Waals surface area contributed by atoms with Crippen LogP contribution in [0.1, 0.15) is 39.5 Å². The molecule has 3 fully saturated rings. The number of hydrogen-bond acceptors (Lipinski definition) is 4. The first-order valence-electron chi connectivity index (χ1n) is 10.3. The number of piperidine rings is 1. The second kappa shape index (κ2) is 7.68. The SMILES string of the molecule is CC1(C)C[C@H](NC2CCN(c3cccc(N4CCNC4=O)c3)CC2)CCO1. The zero-order chi connectivity index (χ0) is 18.9. The van der Waals surface area contributed by atoms with Crippen LogP contribution in [0.3, 0.4) is 0 Å². The monoisotopic (exact) mass is 372 g/mol. The van der Waals surface area contributed by atoms with Crippen LogP contribution >= 0.6 is 0 Å². The molecule has 3 aliphatic heterocycles. The van der Waals surface area contributed by atoms with Crippen LogP contribution < -0.4 is 20.4 Å². The molecular formula is C21H32N4O2. The lowest BCUT2D eigenvalue weighted by Crippen LogP contribution is -2.50. The van der Waals surface area contributed by atoms with Crippen molar-refractivity contribution in [2.24, 2.45) is 0 Å². The fraction of sp³-hybridized carbons (Fsp3) is 0.667. The summed E-state index contributed by atoms with van der Waals surface area (Å²) in [6.45, 7) is 8.83. The summed E-state index contributed by atoms with van der Waals surface area (Å²) in [7, 11) is 0. The van der Waals surface area contributed by atoms with Gasteiger partial charge in [-0.05, 0) is 57.7 Å². The van der Waals surface area contributed by atoms with Crippen molar-refractivity contribution in [3.8, 4) is 0 Å². The van der Waals surface area contributed by atoms with Crippen LogP contribution in [0.15, 0.2) is 24.3 Å². The van der Waals surface area contributed by atoms with Gasteiger partial charge in [0.1, 0.15) is 0 Å². The summed E-state index contributed by atoms with van der Waals surface area (Å²) in [5.74, 6) is 0. The number of urea groups is 1. The summed E-state index contributed by atoms with van der Waals surface area (Å²) >= 11 is 0. The average Bonchev–Trinajstić information content (AvgIpc) is 3.08. The minimum absolute atomic E-state index is 0.00107. The zero-order valence-corrected chi connectivity index (χ0v) is 16.5. The van der Waals surface area contributed by atoms with Crippen LogP contribution in [0.5, 0.6) is 0 Å². The van der Waals surface area contributed by atoms with E-state index in [0.717, 1.165) is 64.2 Å². The van der Waals surface area contributed by atoms with E-state index >= 15 is 0 Å². The van der Waals surface area contributed by atoms with Gasteiger partial charge in [0.05, 0.1) is 5.60 Å². The number of nitrogens with one attached hydrogen (secondary N) is 2. The lowest BCUT2D eigenvalue weighted by atomic mass is 9.92. The average molecular weight is 373 g/mol. The van der Waals surface area contributed by atoms with Gasteiger partial charge in [0.25, 0.3) is 0 Å². The van der Waals surface area contributed by atoms with Crippen molar-refractivity contribution in [1.82, 2.24) is 10.6 Å². The highest BCUT2D eigenvalue weighted by molar-refractivity contribution is 5.94. The number of anilines is 2. The molecular weight excluding hydrogens is 340 g/mol. The number of nitrogens with zero attached hydrogens (tertiary/aromatic N) is 2. The lowest BCUT2D eigenvalue weighted by molar-refractivity contribution is -0.0644. The molecule has 3 aliphatic rings. The second-order valence-corrected chi connectivity index (χ2v) is 8.63. The Morgan fingerprint density at radius 3 is 2.59 bits per heavy atom. The van der Waals surface area contributed by atoms with Crippen LogP contribution in [0, 0.1) is 0 Å². The molecule has 1 aromatic rings. The van der Waals surface area contributed by atoms with Gasteiger partial charge in [0.15, 0.2) is 0 Å². The molecule has 148 valence electrons. The van der Waals surface area contributed by atoms with Gasteiger partial charge in [-0.2, -0.15) is 0 Å². The molecule has 0 spiro atoms. The van der Waals surface area contributed by atoms with Crippen molar-refractivity contribution in [3.05, 3.63) is 24.3 Å². The lowest BCUT2D eigenvalue weighted by Gasteiger charge is -2.40. The maximum absolute atomic E-state index is 11.9. The number of carbonyl (C=O) groups is 1. The third-order valence-corrected chi connectivity index (χ3v) is 6.03. The van der Waals surface area contributed by atoms with Crippen LogP contribution in [-0.4, -0.2) is 56.5 Å². The Morgan fingerprint density at radius 1 is 1.11 bits per heavy atom. The number of amides is 2. The van der Waals surface area contributed by atoms with E-state index < -0.39 is 0 Å². The predicted octanol–water partition coefficient (Wildman–Crippen LogP) is 2.73. The standard InChI is InChI=1S/C21H32N4O2/c1-21(2)15-17(8-13-27-21)23-16-6-10-24(11-7-16)18-4-3-5-19(14-18)25-12-9-22-20(25)26/h3-5,14,16-17,23H,6-13,15H2,1-2H3,(H,22,26)/t17-/m1/s1. The number of rotatable bonds is 4. The molecule has 3 saturated heterocycles. The molecule has 6 nitrogen and oxygen atoms in total. The summed E-state index contributed by atoms with van der Waals surface area (Å²) in [5, 5.41) is 6.75.